The highest BCUT2D eigenvalue weighted by Crippen LogP contribution is 2.28. The summed E-state index contributed by atoms with van der Waals surface area (Å²) in [5.41, 5.74) is 8.30. The molecule has 0 amide bonds. The van der Waals surface area contributed by atoms with Gasteiger partial charge in [-0.1, -0.05) is 41.4 Å². The van der Waals surface area contributed by atoms with E-state index in [0.717, 1.165) is 16.1 Å². The van der Waals surface area contributed by atoms with Crippen LogP contribution >= 0.6 is 23.2 Å². The Bertz CT molecular complexity index is 572. The Labute approximate surface area is 123 Å². The van der Waals surface area contributed by atoms with Gasteiger partial charge >= 0.3 is 0 Å². The lowest BCUT2D eigenvalue weighted by molar-refractivity contribution is 0.414. The first-order valence-corrected chi connectivity index (χ1v) is 6.69. The van der Waals surface area contributed by atoms with E-state index in [9.17, 15) is 0 Å². The second-order valence-electron chi connectivity index (χ2n) is 4.33. The average molecular weight is 296 g/mol. The number of hydrogen-bond acceptors (Lipinski definition) is 2. The number of rotatable bonds is 4. The highest BCUT2D eigenvalue weighted by molar-refractivity contribution is 6.32. The number of hydrogen-bond donors (Lipinski definition) is 1. The quantitative estimate of drug-likeness (QED) is 0.915. The van der Waals surface area contributed by atoms with Crippen LogP contribution in [0, 0.1) is 0 Å². The Kier molecular flexibility index (Phi) is 4.70. The highest BCUT2D eigenvalue weighted by atomic mass is 35.5. The molecule has 2 aromatic rings. The van der Waals surface area contributed by atoms with Gasteiger partial charge in [-0.3, -0.25) is 0 Å². The fourth-order valence-electron chi connectivity index (χ4n) is 1.94. The van der Waals surface area contributed by atoms with Crippen molar-refractivity contribution in [1.29, 1.82) is 0 Å². The van der Waals surface area contributed by atoms with E-state index in [0.29, 0.717) is 17.2 Å². The Morgan fingerprint density at radius 3 is 2.63 bits per heavy atom. The predicted octanol–water partition coefficient (Wildman–Crippen LogP) is 4.24. The maximum absolute atomic E-state index is 6.21. The molecule has 4 heteroatoms. The summed E-state index contributed by atoms with van der Waals surface area (Å²) < 4.78 is 5.20. The van der Waals surface area contributed by atoms with Crippen molar-refractivity contribution in [3.63, 3.8) is 0 Å². The van der Waals surface area contributed by atoms with E-state index >= 15 is 0 Å². The highest BCUT2D eigenvalue weighted by Gasteiger charge is 2.10. The van der Waals surface area contributed by atoms with E-state index in [4.69, 9.17) is 33.7 Å². The maximum atomic E-state index is 6.21. The van der Waals surface area contributed by atoms with Gasteiger partial charge in [-0.15, -0.1) is 0 Å². The summed E-state index contributed by atoms with van der Waals surface area (Å²) in [7, 11) is 1.59. The van der Waals surface area contributed by atoms with Crippen molar-refractivity contribution in [1.82, 2.24) is 0 Å². The van der Waals surface area contributed by atoms with Gasteiger partial charge in [-0.2, -0.15) is 0 Å². The van der Waals surface area contributed by atoms with Crippen LogP contribution in [0.25, 0.3) is 0 Å². The van der Waals surface area contributed by atoms with Gasteiger partial charge in [-0.25, -0.2) is 0 Å². The lowest BCUT2D eigenvalue weighted by Crippen LogP contribution is -2.13. The third kappa shape index (κ3) is 3.63. The molecule has 0 aliphatic carbocycles. The Balaban J connectivity index is 2.18. The molecule has 0 aliphatic rings. The average Bonchev–Trinajstić information content (AvgIpc) is 2.39. The zero-order valence-electron chi connectivity index (χ0n) is 10.6. The summed E-state index contributed by atoms with van der Waals surface area (Å²) in [5, 5.41) is 1.31. The Morgan fingerprint density at radius 2 is 1.95 bits per heavy atom. The van der Waals surface area contributed by atoms with Crippen LogP contribution in [-0.4, -0.2) is 7.11 Å². The topological polar surface area (TPSA) is 35.2 Å². The van der Waals surface area contributed by atoms with Crippen molar-refractivity contribution in [3.8, 4) is 5.75 Å². The molecule has 1 atom stereocenters. The minimum Gasteiger partial charge on any atom is -0.495 e. The molecule has 0 aromatic heterocycles. The van der Waals surface area contributed by atoms with Crippen LogP contribution < -0.4 is 10.5 Å². The van der Waals surface area contributed by atoms with Gasteiger partial charge < -0.3 is 10.5 Å². The molecule has 0 aliphatic heterocycles. The molecule has 2 rings (SSSR count). The van der Waals surface area contributed by atoms with Gasteiger partial charge in [0.15, 0.2) is 0 Å². The monoisotopic (exact) mass is 295 g/mol. The molecule has 100 valence electrons. The first kappa shape index (κ1) is 14.2. The van der Waals surface area contributed by atoms with Crippen LogP contribution in [0.4, 0.5) is 0 Å². The number of benzene rings is 2. The zero-order valence-corrected chi connectivity index (χ0v) is 12.1. The minimum absolute atomic E-state index is 0.121. The fraction of sp³-hybridized carbons (Fsp3) is 0.200. The smallest absolute Gasteiger partial charge is 0.137 e. The Hall–Kier alpha value is -1.22. The molecular formula is C15H15Cl2NO. The lowest BCUT2D eigenvalue weighted by Gasteiger charge is -2.14. The van der Waals surface area contributed by atoms with E-state index in [1.54, 1.807) is 13.2 Å². The van der Waals surface area contributed by atoms with Crippen LogP contribution in [0.1, 0.15) is 17.2 Å². The van der Waals surface area contributed by atoms with E-state index in [2.05, 4.69) is 0 Å². The minimum atomic E-state index is -0.121. The van der Waals surface area contributed by atoms with Gasteiger partial charge in [0.25, 0.3) is 0 Å². The fourth-order valence-corrected chi connectivity index (χ4v) is 2.35. The lowest BCUT2D eigenvalue weighted by atomic mass is 9.99. The van der Waals surface area contributed by atoms with Gasteiger partial charge in [0.2, 0.25) is 0 Å². The SMILES string of the molecule is COc1cc(C(N)Cc2cccc(Cl)c2)ccc1Cl. The molecule has 0 spiro atoms. The summed E-state index contributed by atoms with van der Waals surface area (Å²) in [5.74, 6) is 0.640. The second kappa shape index (κ2) is 6.29. The third-order valence-electron chi connectivity index (χ3n) is 2.95. The molecular weight excluding hydrogens is 281 g/mol. The van der Waals surface area contributed by atoms with E-state index in [1.807, 2.05) is 36.4 Å². The van der Waals surface area contributed by atoms with Crippen molar-refractivity contribution >= 4 is 23.2 Å². The van der Waals surface area contributed by atoms with Gasteiger partial charge in [0, 0.05) is 11.1 Å². The summed E-state index contributed by atoms with van der Waals surface area (Å²) in [4.78, 5) is 0. The zero-order chi connectivity index (χ0) is 13.8. The third-order valence-corrected chi connectivity index (χ3v) is 3.50. The van der Waals surface area contributed by atoms with Crippen molar-refractivity contribution in [2.24, 2.45) is 5.73 Å². The summed E-state index contributed by atoms with van der Waals surface area (Å²) in [6, 6.07) is 13.2. The molecule has 0 heterocycles. The number of halogens is 2. The molecule has 2 aromatic carbocycles. The van der Waals surface area contributed by atoms with E-state index in [1.165, 1.54) is 0 Å². The standard InChI is InChI=1S/C15H15Cl2NO/c1-19-15-9-11(5-6-13(15)17)14(18)8-10-3-2-4-12(16)7-10/h2-7,9,14H,8,18H2,1H3. The molecule has 0 radical (unpaired) electrons. The van der Waals surface area contributed by atoms with Crippen LogP contribution in [0.5, 0.6) is 5.75 Å². The molecule has 2 N–H and O–H groups in total. The van der Waals surface area contributed by atoms with Crippen molar-refractivity contribution in [2.45, 2.75) is 12.5 Å². The van der Waals surface area contributed by atoms with Crippen LogP contribution in [-0.2, 0) is 6.42 Å². The summed E-state index contributed by atoms with van der Waals surface area (Å²) in [6.07, 6.45) is 0.714. The van der Waals surface area contributed by atoms with Crippen LogP contribution in [0.2, 0.25) is 10.0 Å². The molecule has 0 saturated carbocycles. The first-order valence-electron chi connectivity index (χ1n) is 5.93. The van der Waals surface area contributed by atoms with Crippen LogP contribution in [0.15, 0.2) is 42.5 Å². The van der Waals surface area contributed by atoms with Crippen LogP contribution in [0.3, 0.4) is 0 Å². The second-order valence-corrected chi connectivity index (χ2v) is 5.18. The number of nitrogens with two attached hydrogens (primary N) is 1. The first-order chi connectivity index (χ1) is 9.10. The molecule has 0 bridgehead atoms. The van der Waals surface area contributed by atoms with E-state index in [-0.39, 0.29) is 6.04 Å². The van der Waals surface area contributed by atoms with Gasteiger partial charge in [0.05, 0.1) is 12.1 Å². The summed E-state index contributed by atoms with van der Waals surface area (Å²) >= 11 is 12.0. The largest absolute Gasteiger partial charge is 0.495 e. The van der Waals surface area contributed by atoms with Crippen molar-refractivity contribution in [2.75, 3.05) is 7.11 Å². The normalized spacial score (nSPS) is 12.2. The number of ether oxygens (including phenoxy) is 1. The van der Waals surface area contributed by atoms with Gasteiger partial charge in [0.1, 0.15) is 5.75 Å². The van der Waals surface area contributed by atoms with Crippen molar-refractivity contribution < 1.29 is 4.74 Å². The number of methoxy groups -OCH3 is 1. The Morgan fingerprint density at radius 1 is 1.16 bits per heavy atom. The molecule has 19 heavy (non-hydrogen) atoms. The molecule has 1 unspecified atom stereocenters. The molecule has 0 saturated heterocycles. The molecule has 2 nitrogen and oxygen atoms in total. The van der Waals surface area contributed by atoms with E-state index < -0.39 is 0 Å². The van der Waals surface area contributed by atoms with Gasteiger partial charge in [-0.05, 0) is 41.8 Å². The predicted molar refractivity (Wildman–Crippen MR) is 80.1 cm³/mol. The maximum Gasteiger partial charge on any atom is 0.137 e. The van der Waals surface area contributed by atoms with Crippen molar-refractivity contribution in [3.05, 3.63) is 63.6 Å². The summed E-state index contributed by atoms with van der Waals surface area (Å²) in [6.45, 7) is 0. The molecule has 0 fully saturated rings.